The molecule has 1 aliphatic heterocycles. The zero-order valence-corrected chi connectivity index (χ0v) is 70.1. The fraction of sp³-hybridized carbons (Fsp3) is 0.713. The van der Waals surface area contributed by atoms with Crippen LogP contribution in [0.3, 0.4) is 0 Å². The van der Waals surface area contributed by atoms with Crippen LogP contribution < -0.4 is 16.0 Å². The number of nitrogens with zero attached hydrogens (tertiary/aromatic N) is 8. The molecule has 0 spiro atoms. The van der Waals surface area contributed by atoms with E-state index in [0.717, 1.165) is 9.80 Å². The van der Waals surface area contributed by atoms with Crippen LogP contribution in [-0.4, -0.2) is 275 Å². The van der Waals surface area contributed by atoms with Crippen LogP contribution in [0.5, 0.6) is 0 Å². The number of carboxylic acid groups (broad SMARTS) is 3. The quantitative estimate of drug-likeness (QED) is 0.0608. The van der Waals surface area contributed by atoms with Crippen molar-refractivity contribution in [2.24, 2.45) is 59.2 Å². The zero-order chi connectivity index (χ0) is 85.7. The molecule has 2 aromatic rings. The molecule has 32 heteroatoms. The summed E-state index contributed by atoms with van der Waals surface area (Å²) >= 11 is 0. The summed E-state index contributed by atoms with van der Waals surface area (Å²) in [7, 11) is 9.78. The molecule has 0 bridgehead atoms. The molecule has 0 radical (unpaired) electrons. The monoisotopic (exact) mass is 1580 g/mol. The lowest BCUT2D eigenvalue weighted by Gasteiger charge is -2.41. The summed E-state index contributed by atoms with van der Waals surface area (Å²) in [6, 6.07) is -8.16. The average molecular weight is 1580 g/mol. The molecular formula is C80H128N12O20. The van der Waals surface area contributed by atoms with Crippen molar-refractivity contribution in [3.63, 3.8) is 0 Å². The molecule has 14 atom stereocenters. The van der Waals surface area contributed by atoms with Crippen molar-refractivity contribution in [2.75, 3.05) is 55.9 Å². The van der Waals surface area contributed by atoms with E-state index in [1.165, 1.54) is 106 Å². The van der Waals surface area contributed by atoms with Gasteiger partial charge >= 0.3 is 17.9 Å². The minimum absolute atomic E-state index is 0.00542. The number of carbonyl (C=O) groups is 16. The highest BCUT2D eigenvalue weighted by molar-refractivity contribution is 6.02. The number of ketones is 3. The molecule has 1 aliphatic rings. The maximum absolute atomic E-state index is 15.7. The van der Waals surface area contributed by atoms with E-state index < -0.39 is 229 Å². The van der Waals surface area contributed by atoms with Gasteiger partial charge < -0.3 is 75.7 Å². The van der Waals surface area contributed by atoms with Gasteiger partial charge in [-0.1, -0.05) is 104 Å². The Hall–Kier alpha value is -9.23. The smallest absolute Gasteiger partial charge is 0.326 e. The summed E-state index contributed by atoms with van der Waals surface area (Å²) in [5, 5.41) is 48.4. The summed E-state index contributed by atoms with van der Waals surface area (Å²) in [6.45, 7) is 27.3. The molecule has 112 heavy (non-hydrogen) atoms. The summed E-state index contributed by atoms with van der Waals surface area (Å²) in [5.41, 5.74) is 0.452. The number of fused-ring (bicyclic) bond motifs is 1. The molecule has 1 aromatic carbocycles. The highest BCUT2D eigenvalue weighted by Crippen LogP contribution is 2.30. The second-order valence-corrected chi connectivity index (χ2v) is 33.1. The van der Waals surface area contributed by atoms with Gasteiger partial charge in [-0.3, -0.25) is 71.9 Å². The van der Waals surface area contributed by atoms with Crippen LogP contribution in [0, 0.1) is 59.2 Å². The maximum atomic E-state index is 15.7. The number of benzene rings is 1. The van der Waals surface area contributed by atoms with Gasteiger partial charge in [-0.05, 0) is 111 Å². The van der Waals surface area contributed by atoms with E-state index in [1.54, 1.807) is 41.5 Å². The first-order valence-electron chi connectivity index (χ1n) is 39.1. The first-order valence-corrected chi connectivity index (χ1v) is 39.1. The number of rotatable bonds is 26. The Labute approximate surface area is 659 Å². The number of carboxylic acids is 3. The number of imidazole rings is 1. The van der Waals surface area contributed by atoms with Crippen molar-refractivity contribution < 1.29 is 97.1 Å². The molecule has 1 aromatic heterocycles. The Kier molecular flexibility index (Phi) is 37.8. The first kappa shape index (κ1) is 97.0. The van der Waals surface area contributed by atoms with E-state index in [4.69, 9.17) is 5.11 Å². The topological polar surface area (TPSA) is 441 Å². The number of Topliss-reactive ketones (excluding diaryl/α,β-unsaturated/α-hetero) is 3. The summed E-state index contributed by atoms with van der Waals surface area (Å²) < 4.78 is 0. The maximum Gasteiger partial charge on any atom is 0.326 e. The molecule has 10 amide bonds. The molecule has 0 aliphatic carbocycles. The number of aliphatic carboxylic acids is 3. The normalized spacial score (nSPS) is 23.8. The molecule has 2 heterocycles. The Bertz CT molecular complexity index is 3680. The number of aromatic amines is 1. The lowest BCUT2D eigenvalue weighted by molar-refractivity contribution is -0.157. The van der Waals surface area contributed by atoms with Gasteiger partial charge in [0.1, 0.15) is 48.1 Å². The van der Waals surface area contributed by atoms with E-state index in [2.05, 4.69) is 25.9 Å². The van der Waals surface area contributed by atoms with Crippen LogP contribution in [0.2, 0.25) is 0 Å². The molecule has 1 fully saturated rings. The van der Waals surface area contributed by atoms with E-state index in [0.29, 0.717) is 0 Å². The lowest BCUT2D eigenvalue weighted by atomic mass is 9.84. The predicted octanol–water partition coefficient (Wildman–Crippen LogP) is 5.09. The van der Waals surface area contributed by atoms with Crippen molar-refractivity contribution >= 4 is 105 Å². The second kappa shape index (κ2) is 43.7. The number of aliphatic hydroxyl groups is 1. The Morgan fingerprint density at radius 1 is 0.536 bits per heavy atom. The zero-order valence-electron chi connectivity index (χ0n) is 70.1. The number of aliphatic hydroxyl groups excluding tert-OH is 1. The summed E-state index contributed by atoms with van der Waals surface area (Å²) in [6.07, 6.45) is -4.91. The molecule has 8 N–H and O–H groups in total. The number of likely N-dealkylation sites (N-methyl/N-ethyl adjacent to an activating group) is 7. The molecule has 1 saturated heterocycles. The van der Waals surface area contributed by atoms with Gasteiger partial charge in [-0.25, -0.2) is 9.78 Å². The van der Waals surface area contributed by atoms with Gasteiger partial charge in [0.05, 0.1) is 35.8 Å². The van der Waals surface area contributed by atoms with Crippen LogP contribution in [0.15, 0.2) is 18.2 Å². The van der Waals surface area contributed by atoms with E-state index >= 15 is 19.2 Å². The third-order valence-electron chi connectivity index (χ3n) is 21.2. The third kappa shape index (κ3) is 27.3. The minimum atomic E-state index is -1.78. The number of H-pyrrole nitrogens is 1. The van der Waals surface area contributed by atoms with Crippen molar-refractivity contribution in [1.82, 2.24) is 60.2 Å². The Morgan fingerprint density at radius 3 is 1.50 bits per heavy atom. The van der Waals surface area contributed by atoms with Crippen LogP contribution in [0.4, 0.5) is 0 Å². The second-order valence-electron chi connectivity index (χ2n) is 33.1. The largest absolute Gasteiger partial charge is 0.481 e. The van der Waals surface area contributed by atoms with Crippen LogP contribution in [0.1, 0.15) is 204 Å². The van der Waals surface area contributed by atoms with Gasteiger partial charge in [-0.2, -0.15) is 0 Å². The average Bonchev–Trinajstić information content (AvgIpc) is 1.14. The molecule has 32 nitrogen and oxygen atoms in total. The van der Waals surface area contributed by atoms with Gasteiger partial charge in [0.25, 0.3) is 5.91 Å². The lowest BCUT2D eigenvalue weighted by Crippen LogP contribution is -2.62. The first-order chi connectivity index (χ1) is 51.9. The van der Waals surface area contributed by atoms with Gasteiger partial charge in [0.15, 0.2) is 17.3 Å². The highest BCUT2D eigenvalue weighted by Gasteiger charge is 2.46. The van der Waals surface area contributed by atoms with Crippen molar-refractivity contribution in [3.8, 4) is 0 Å². The number of nitrogens with one attached hydrogen (secondary N) is 4. The Balaban J connectivity index is 2.33. The molecule has 628 valence electrons. The number of hydrogen-bond acceptors (Lipinski definition) is 18. The SMILES string of the molecule is CC[C@@H]1CC(=O)[C@H]([C@H](O)[C@H](C)Cc2nc3ccc(C(=O)NC(CCC(=O)O)C(=O)NC(CCC(=O)O)C(=O)O)cc3[nH]2)N(C)C(=O)[C@H](C(C)C)N(C)C(=O)[C@H](CC(C)C)N(C)C(=O)[C@H](CC(C)C)N(C)C(=O)[C@@H](C)NC(=O)[C@H](C)CC(=O)[C@H](CC(C)C)N(C)C(=O)[C@H](C(C)C)CC(=O)[C@H](CC(C)C)N(C)C(=O)CN(C)C1=O. The van der Waals surface area contributed by atoms with Crippen molar-refractivity contribution in [1.29, 1.82) is 0 Å². The number of carbonyl (C=O) groups excluding carboxylic acids is 13. The fourth-order valence-corrected chi connectivity index (χ4v) is 14.3. The van der Waals surface area contributed by atoms with E-state index in [9.17, 15) is 72.9 Å². The molecule has 2 unspecified atom stereocenters. The summed E-state index contributed by atoms with van der Waals surface area (Å²) in [5.74, 6) is -19.1. The standard InChI is InChI=1S/C80H128N12O20/c1-24-50-38-63(95)69(70(101)47(14)36-64-82-53-26-25-51(37-56(53)83-64)72(103)84-54(27-29-66(97)98)73(104)85-55(80(111)112)28-30-67(99)100)92(23)79(110)68(46(12)13)91(22)78(109)60(34-44(8)9)90(21)77(108)59(33-43(6)7)89(20)74(105)49(16)81-71(102)48(15)35-61(93)58(32-42(4)5)88(19)76(107)52(45(10)11)39-62(94)57(31-41(2)3)87(18)65(96)40-86(17)75(50)106/h25-26,37,41-50,52,54-55,57-60,68-70,101H,24,27-36,38-40H2,1-23H3,(H,81,102)(H,82,83)(H,84,103)(H,85,104)(H,97,98)(H,99,100)(H,111,112)/t47-,48-,49-,50-,52+,54?,55?,57+,58+,59+,60+,68+,69-,70-/m1/s1. The molecular weight excluding hydrogens is 1450 g/mol. The van der Waals surface area contributed by atoms with Gasteiger partial charge in [0, 0.05) is 111 Å². The fourth-order valence-electron chi connectivity index (χ4n) is 14.3. The van der Waals surface area contributed by atoms with Crippen molar-refractivity contribution in [2.45, 2.75) is 255 Å². The number of amides is 10. The van der Waals surface area contributed by atoms with E-state index in [-0.39, 0.29) is 97.5 Å². The molecule has 3 rings (SSSR count). The van der Waals surface area contributed by atoms with E-state index in [1.807, 2.05) is 55.4 Å². The number of aromatic nitrogens is 2. The predicted molar refractivity (Wildman–Crippen MR) is 417 cm³/mol. The highest BCUT2D eigenvalue weighted by atomic mass is 16.4. The molecule has 0 saturated carbocycles. The third-order valence-corrected chi connectivity index (χ3v) is 21.2. The Morgan fingerprint density at radius 2 is 1.01 bits per heavy atom. The van der Waals surface area contributed by atoms with Crippen LogP contribution >= 0.6 is 0 Å². The van der Waals surface area contributed by atoms with Crippen LogP contribution in [-0.2, 0) is 78.3 Å². The minimum Gasteiger partial charge on any atom is -0.481 e. The van der Waals surface area contributed by atoms with Gasteiger partial charge in [-0.15, -0.1) is 0 Å². The number of hydrogen-bond donors (Lipinski definition) is 8. The summed E-state index contributed by atoms with van der Waals surface area (Å²) in [4.78, 5) is 242. The van der Waals surface area contributed by atoms with Crippen LogP contribution in [0.25, 0.3) is 11.0 Å². The van der Waals surface area contributed by atoms with Crippen molar-refractivity contribution in [3.05, 3.63) is 29.6 Å². The van der Waals surface area contributed by atoms with Gasteiger partial charge in [0.2, 0.25) is 53.2 Å².